The number of benzene rings is 2. The van der Waals surface area contributed by atoms with Crippen molar-refractivity contribution in [3.05, 3.63) is 59.3 Å². The first-order chi connectivity index (χ1) is 12.4. The van der Waals surface area contributed by atoms with Gasteiger partial charge in [0, 0.05) is 30.1 Å². The highest BCUT2D eigenvalue weighted by Crippen LogP contribution is 2.39. The van der Waals surface area contributed by atoms with E-state index in [0.29, 0.717) is 6.61 Å². The smallest absolute Gasteiger partial charge is 0.147 e. The van der Waals surface area contributed by atoms with Gasteiger partial charge < -0.3 is 19.4 Å². The number of nitrogens with one attached hydrogen (secondary N) is 1. The molecule has 4 nitrogen and oxygen atoms in total. The van der Waals surface area contributed by atoms with E-state index < -0.39 is 0 Å². The summed E-state index contributed by atoms with van der Waals surface area (Å²) >= 11 is 0. The molecule has 1 N–H and O–H groups in total. The van der Waals surface area contributed by atoms with Gasteiger partial charge in [-0.1, -0.05) is 30.3 Å². The third kappa shape index (κ3) is 2.57. The minimum Gasteiger partial charge on any atom is -0.489 e. The fourth-order valence-corrected chi connectivity index (χ4v) is 4.08. The van der Waals surface area contributed by atoms with E-state index in [-0.39, 0.29) is 0 Å². The summed E-state index contributed by atoms with van der Waals surface area (Å²) in [6, 6.07) is 14.6. The molecule has 0 spiro atoms. The van der Waals surface area contributed by atoms with Crippen LogP contribution in [-0.2, 0) is 26.0 Å². The monoisotopic (exact) mass is 334 g/mol. The summed E-state index contributed by atoms with van der Waals surface area (Å²) in [4.78, 5) is 0. The molecule has 2 aromatic carbocycles. The van der Waals surface area contributed by atoms with E-state index >= 15 is 0 Å². The molecule has 0 amide bonds. The zero-order chi connectivity index (χ0) is 16.6. The van der Waals surface area contributed by atoms with Crippen LogP contribution in [0.15, 0.2) is 42.5 Å². The highest BCUT2D eigenvalue weighted by molar-refractivity contribution is 5.92. The Hall–Kier alpha value is -2.46. The number of fused-ring (bicyclic) bond motifs is 3. The van der Waals surface area contributed by atoms with Gasteiger partial charge in [0.15, 0.2) is 0 Å². The summed E-state index contributed by atoms with van der Waals surface area (Å²) in [5.41, 5.74) is 5.38. The van der Waals surface area contributed by atoms with Crippen LogP contribution in [0.2, 0.25) is 0 Å². The third-order valence-corrected chi connectivity index (χ3v) is 5.23. The SMILES string of the molecule is c1ccc(COc2cc3c4c(c2)c2c(n4CCO3)CCNCC2)cc1. The molecular weight excluding hydrogens is 312 g/mol. The molecule has 0 bridgehead atoms. The second kappa shape index (κ2) is 6.12. The Morgan fingerprint density at radius 3 is 2.88 bits per heavy atom. The van der Waals surface area contributed by atoms with Gasteiger partial charge in [0.05, 0.1) is 12.1 Å². The van der Waals surface area contributed by atoms with E-state index in [9.17, 15) is 0 Å². The molecule has 2 aliphatic heterocycles. The third-order valence-electron chi connectivity index (χ3n) is 5.23. The molecule has 2 aliphatic rings. The van der Waals surface area contributed by atoms with E-state index in [0.717, 1.165) is 50.6 Å². The van der Waals surface area contributed by atoms with Gasteiger partial charge in [0.25, 0.3) is 0 Å². The summed E-state index contributed by atoms with van der Waals surface area (Å²) < 4.78 is 14.5. The minimum absolute atomic E-state index is 0.580. The van der Waals surface area contributed by atoms with Gasteiger partial charge in [-0.15, -0.1) is 0 Å². The lowest BCUT2D eigenvalue weighted by Crippen LogP contribution is -2.19. The second-order valence-corrected chi connectivity index (χ2v) is 6.77. The van der Waals surface area contributed by atoms with Crippen LogP contribution in [0.3, 0.4) is 0 Å². The number of hydrogen-bond acceptors (Lipinski definition) is 3. The summed E-state index contributed by atoms with van der Waals surface area (Å²) in [5, 5.41) is 4.82. The van der Waals surface area contributed by atoms with Gasteiger partial charge in [-0.3, -0.25) is 0 Å². The quantitative estimate of drug-likeness (QED) is 0.798. The topological polar surface area (TPSA) is 35.4 Å². The van der Waals surface area contributed by atoms with Crippen LogP contribution in [0, 0.1) is 0 Å². The Labute approximate surface area is 147 Å². The van der Waals surface area contributed by atoms with Crippen molar-refractivity contribution in [2.45, 2.75) is 26.0 Å². The van der Waals surface area contributed by atoms with Gasteiger partial charge in [-0.05, 0) is 30.2 Å². The summed E-state index contributed by atoms with van der Waals surface area (Å²) in [7, 11) is 0. The van der Waals surface area contributed by atoms with Gasteiger partial charge in [-0.2, -0.15) is 0 Å². The Bertz CT molecular complexity index is 915. The number of nitrogens with zero attached hydrogens (tertiary/aromatic N) is 1. The maximum absolute atomic E-state index is 6.09. The summed E-state index contributed by atoms with van der Waals surface area (Å²) in [6.45, 7) is 4.35. The Morgan fingerprint density at radius 1 is 1.08 bits per heavy atom. The molecule has 3 heterocycles. The van der Waals surface area contributed by atoms with Crippen molar-refractivity contribution in [1.82, 2.24) is 9.88 Å². The Balaban J connectivity index is 1.57. The largest absolute Gasteiger partial charge is 0.489 e. The predicted molar refractivity (Wildman–Crippen MR) is 98.5 cm³/mol. The molecule has 1 aromatic heterocycles. The second-order valence-electron chi connectivity index (χ2n) is 6.77. The molecular formula is C21H22N2O2. The van der Waals surface area contributed by atoms with Crippen LogP contribution in [-0.4, -0.2) is 24.3 Å². The summed E-state index contributed by atoms with van der Waals surface area (Å²) in [5.74, 6) is 1.86. The number of aromatic nitrogens is 1. The molecule has 4 heteroatoms. The molecule has 0 saturated carbocycles. The van der Waals surface area contributed by atoms with Crippen LogP contribution in [0.1, 0.15) is 16.8 Å². The maximum atomic E-state index is 6.09. The van der Waals surface area contributed by atoms with E-state index in [2.05, 4.69) is 34.1 Å². The van der Waals surface area contributed by atoms with Crippen LogP contribution >= 0.6 is 0 Å². The van der Waals surface area contributed by atoms with Crippen molar-refractivity contribution in [3.8, 4) is 11.5 Å². The van der Waals surface area contributed by atoms with E-state index in [4.69, 9.17) is 9.47 Å². The molecule has 5 rings (SSSR count). The highest BCUT2D eigenvalue weighted by Gasteiger charge is 2.24. The van der Waals surface area contributed by atoms with Crippen molar-refractivity contribution in [1.29, 1.82) is 0 Å². The molecule has 0 saturated heterocycles. The van der Waals surface area contributed by atoms with Gasteiger partial charge in [0.2, 0.25) is 0 Å². The lowest BCUT2D eigenvalue weighted by Gasteiger charge is -2.20. The van der Waals surface area contributed by atoms with Gasteiger partial charge in [-0.25, -0.2) is 0 Å². The van der Waals surface area contributed by atoms with E-state index in [1.54, 1.807) is 0 Å². The number of ether oxygens (including phenoxy) is 2. The minimum atomic E-state index is 0.580. The van der Waals surface area contributed by atoms with Crippen LogP contribution in [0.25, 0.3) is 10.9 Å². The Kier molecular flexibility index (Phi) is 3.63. The van der Waals surface area contributed by atoms with Gasteiger partial charge >= 0.3 is 0 Å². The first kappa shape index (κ1) is 14.8. The van der Waals surface area contributed by atoms with Crippen LogP contribution in [0.4, 0.5) is 0 Å². The molecule has 0 radical (unpaired) electrons. The zero-order valence-corrected chi connectivity index (χ0v) is 14.3. The average Bonchev–Trinajstić information content (AvgIpc) is 2.82. The predicted octanol–water partition coefficient (Wildman–Crippen LogP) is 3.30. The standard InChI is InChI=1S/C21H22N2O2/c1-2-4-15(5-3-1)14-25-16-12-18-17-6-8-22-9-7-19(17)23-10-11-24-20(13-16)21(18)23/h1-5,12-13,22H,6-11,14H2. The average molecular weight is 334 g/mol. The van der Waals surface area contributed by atoms with Crippen molar-refractivity contribution >= 4 is 10.9 Å². The first-order valence-electron chi connectivity index (χ1n) is 9.08. The molecule has 3 aromatic rings. The maximum Gasteiger partial charge on any atom is 0.147 e. The van der Waals surface area contributed by atoms with Crippen molar-refractivity contribution in [2.75, 3.05) is 19.7 Å². The van der Waals surface area contributed by atoms with E-state index in [1.807, 2.05) is 18.2 Å². The van der Waals surface area contributed by atoms with Crippen LogP contribution < -0.4 is 14.8 Å². The van der Waals surface area contributed by atoms with E-state index in [1.165, 1.54) is 27.7 Å². The van der Waals surface area contributed by atoms with Crippen LogP contribution in [0.5, 0.6) is 11.5 Å². The lowest BCUT2D eigenvalue weighted by atomic mass is 10.1. The highest BCUT2D eigenvalue weighted by atomic mass is 16.5. The fraction of sp³-hybridized carbons (Fsp3) is 0.333. The lowest BCUT2D eigenvalue weighted by molar-refractivity contribution is 0.277. The molecule has 0 fully saturated rings. The van der Waals surface area contributed by atoms with Crippen molar-refractivity contribution < 1.29 is 9.47 Å². The van der Waals surface area contributed by atoms with Crippen molar-refractivity contribution in [3.63, 3.8) is 0 Å². The first-order valence-corrected chi connectivity index (χ1v) is 9.08. The molecule has 0 atom stereocenters. The molecule has 128 valence electrons. The molecule has 25 heavy (non-hydrogen) atoms. The van der Waals surface area contributed by atoms with Crippen molar-refractivity contribution in [2.24, 2.45) is 0 Å². The normalized spacial score (nSPS) is 16.2. The zero-order valence-electron chi connectivity index (χ0n) is 14.3. The number of hydrogen-bond donors (Lipinski definition) is 1. The van der Waals surface area contributed by atoms with Gasteiger partial charge in [0.1, 0.15) is 24.7 Å². The Morgan fingerprint density at radius 2 is 1.96 bits per heavy atom. The number of rotatable bonds is 3. The fourth-order valence-electron chi connectivity index (χ4n) is 4.08. The molecule has 0 unspecified atom stereocenters. The molecule has 0 aliphatic carbocycles. The summed E-state index contributed by atoms with van der Waals surface area (Å²) in [6.07, 6.45) is 2.16.